The Hall–Kier alpha value is -2.18. The average Bonchev–Trinajstić information content (AvgIpc) is 3.08. The van der Waals surface area contributed by atoms with Crippen LogP contribution in [-0.2, 0) is 29.4 Å². The van der Waals surface area contributed by atoms with Gasteiger partial charge in [-0.1, -0.05) is 18.2 Å². The lowest BCUT2D eigenvalue weighted by Crippen LogP contribution is -2.24. The third kappa shape index (κ3) is 4.08. The zero-order valence-corrected chi connectivity index (χ0v) is 15.0. The fourth-order valence-electron chi connectivity index (χ4n) is 3.01. The van der Waals surface area contributed by atoms with E-state index in [4.69, 9.17) is 0 Å². The first-order valence-electron chi connectivity index (χ1n) is 8.48. The van der Waals surface area contributed by atoms with Crippen molar-refractivity contribution in [1.82, 2.24) is 10.0 Å². The molecule has 2 aromatic carbocycles. The third-order valence-corrected chi connectivity index (χ3v) is 5.80. The quantitative estimate of drug-likeness (QED) is 0.833. The minimum Gasteiger partial charge on any atom is -0.352 e. The van der Waals surface area contributed by atoms with Crippen molar-refractivity contribution in [1.29, 1.82) is 0 Å². The lowest BCUT2D eigenvalue weighted by molar-refractivity contribution is 0.0956. The summed E-state index contributed by atoms with van der Waals surface area (Å²) in [5.41, 5.74) is 3.75. The van der Waals surface area contributed by atoms with Gasteiger partial charge in [0.05, 0.1) is 4.90 Å². The van der Waals surface area contributed by atoms with E-state index >= 15 is 0 Å². The lowest BCUT2D eigenvalue weighted by Gasteiger charge is -2.09. The summed E-state index contributed by atoms with van der Waals surface area (Å²) in [6.45, 7) is 2.62. The molecule has 0 radical (unpaired) electrons. The summed E-state index contributed by atoms with van der Waals surface area (Å²) in [4.78, 5) is 12.0. The number of hydrogen-bond donors (Lipinski definition) is 2. The molecule has 5 nitrogen and oxygen atoms in total. The molecule has 132 valence electrons. The number of carbonyl (C=O) groups is 1. The van der Waals surface area contributed by atoms with Crippen molar-refractivity contribution in [2.24, 2.45) is 0 Å². The van der Waals surface area contributed by atoms with Crippen LogP contribution in [0.1, 0.15) is 40.4 Å². The Labute approximate surface area is 148 Å². The fraction of sp³-hybridized carbons (Fsp3) is 0.316. The van der Waals surface area contributed by atoms with Crippen LogP contribution in [0.5, 0.6) is 0 Å². The van der Waals surface area contributed by atoms with Gasteiger partial charge in [0.2, 0.25) is 10.0 Å². The number of aryl methyl sites for hydroxylation is 2. The smallest absolute Gasteiger partial charge is 0.251 e. The van der Waals surface area contributed by atoms with Crippen molar-refractivity contribution >= 4 is 15.9 Å². The second-order valence-corrected chi connectivity index (χ2v) is 7.93. The molecule has 0 unspecified atom stereocenters. The van der Waals surface area contributed by atoms with E-state index in [-0.39, 0.29) is 12.5 Å². The summed E-state index contributed by atoms with van der Waals surface area (Å²) in [5, 5.41) is 2.73. The number of fused-ring (bicyclic) bond motifs is 1. The van der Waals surface area contributed by atoms with Crippen molar-refractivity contribution in [2.75, 3.05) is 6.54 Å². The van der Waals surface area contributed by atoms with E-state index in [1.54, 1.807) is 36.4 Å². The predicted molar refractivity (Wildman–Crippen MR) is 96.9 cm³/mol. The normalized spacial score (nSPS) is 13.5. The Kier molecular flexibility index (Phi) is 5.20. The second kappa shape index (κ2) is 7.37. The number of sulfonamides is 1. The van der Waals surface area contributed by atoms with Gasteiger partial charge < -0.3 is 5.32 Å². The molecule has 2 N–H and O–H groups in total. The zero-order chi connectivity index (χ0) is 17.9. The second-order valence-electron chi connectivity index (χ2n) is 6.16. The number of rotatable bonds is 6. The van der Waals surface area contributed by atoms with Crippen molar-refractivity contribution in [3.8, 4) is 0 Å². The van der Waals surface area contributed by atoms with E-state index in [1.165, 1.54) is 5.56 Å². The van der Waals surface area contributed by atoms with Crippen LogP contribution in [0, 0.1) is 0 Å². The van der Waals surface area contributed by atoms with E-state index in [2.05, 4.69) is 10.0 Å². The van der Waals surface area contributed by atoms with Crippen LogP contribution in [0.25, 0.3) is 0 Å². The summed E-state index contributed by atoms with van der Waals surface area (Å²) in [6, 6.07) is 12.3. The maximum absolute atomic E-state index is 12.5. The maximum atomic E-state index is 12.5. The Balaban J connectivity index is 1.67. The molecular formula is C19H22N2O3S. The highest BCUT2D eigenvalue weighted by molar-refractivity contribution is 7.89. The molecule has 1 aliphatic rings. The highest BCUT2D eigenvalue weighted by Gasteiger charge is 2.18. The van der Waals surface area contributed by atoms with E-state index < -0.39 is 10.0 Å². The van der Waals surface area contributed by atoms with Gasteiger partial charge in [0.25, 0.3) is 5.91 Å². The minimum atomic E-state index is -3.54. The number of nitrogens with one attached hydrogen (secondary N) is 2. The number of carbonyl (C=O) groups excluding carboxylic acids is 1. The molecule has 0 fully saturated rings. The Morgan fingerprint density at radius 1 is 1.04 bits per heavy atom. The molecule has 0 saturated carbocycles. The summed E-state index contributed by atoms with van der Waals surface area (Å²) in [7, 11) is -3.54. The summed E-state index contributed by atoms with van der Waals surface area (Å²) in [6.07, 6.45) is 3.06. The van der Waals surface area contributed by atoms with E-state index in [0.717, 1.165) is 30.4 Å². The monoisotopic (exact) mass is 358 g/mol. The molecule has 0 saturated heterocycles. The molecule has 0 aromatic heterocycles. The van der Waals surface area contributed by atoms with Crippen LogP contribution in [0.4, 0.5) is 0 Å². The average molecular weight is 358 g/mol. The largest absolute Gasteiger partial charge is 0.352 e. The van der Waals surface area contributed by atoms with Gasteiger partial charge in [-0.05, 0) is 67.1 Å². The van der Waals surface area contributed by atoms with Crippen LogP contribution in [0.3, 0.4) is 0 Å². The highest BCUT2D eigenvalue weighted by Crippen LogP contribution is 2.24. The molecule has 25 heavy (non-hydrogen) atoms. The first-order chi connectivity index (χ1) is 12.0. The molecule has 6 heteroatoms. The highest BCUT2D eigenvalue weighted by atomic mass is 32.2. The van der Waals surface area contributed by atoms with Gasteiger partial charge in [0, 0.05) is 18.7 Å². The summed E-state index contributed by atoms with van der Waals surface area (Å²) >= 11 is 0. The van der Waals surface area contributed by atoms with Gasteiger partial charge in [0.1, 0.15) is 0 Å². The van der Waals surface area contributed by atoms with Gasteiger partial charge in [-0.15, -0.1) is 0 Å². The first kappa shape index (κ1) is 17.6. The molecule has 2 aromatic rings. The maximum Gasteiger partial charge on any atom is 0.251 e. The topological polar surface area (TPSA) is 75.3 Å². The summed E-state index contributed by atoms with van der Waals surface area (Å²) < 4.78 is 27.6. The van der Waals surface area contributed by atoms with Gasteiger partial charge in [0.15, 0.2) is 0 Å². The van der Waals surface area contributed by atoms with Gasteiger partial charge in [-0.2, -0.15) is 0 Å². The van der Waals surface area contributed by atoms with Crippen LogP contribution in [0.2, 0.25) is 0 Å². The molecule has 0 heterocycles. The van der Waals surface area contributed by atoms with Gasteiger partial charge >= 0.3 is 0 Å². The van der Waals surface area contributed by atoms with Crippen LogP contribution >= 0.6 is 0 Å². The molecule has 1 amide bonds. The van der Waals surface area contributed by atoms with Crippen molar-refractivity contribution in [3.63, 3.8) is 0 Å². The van der Waals surface area contributed by atoms with Crippen molar-refractivity contribution < 1.29 is 13.2 Å². The molecular weight excluding hydrogens is 336 g/mol. The number of amides is 1. The van der Waals surface area contributed by atoms with Gasteiger partial charge in [-0.25, -0.2) is 13.1 Å². The standard InChI is InChI=1S/C19H22N2O3S/c1-2-20-19(22)16-8-6-14(7-9-16)13-21-25(23,24)18-11-10-15-4-3-5-17(15)12-18/h6-12,21H,2-5,13H2,1H3,(H,20,22). The molecule has 1 aliphatic carbocycles. The van der Waals surface area contributed by atoms with Crippen LogP contribution in [0.15, 0.2) is 47.4 Å². The Bertz CT molecular complexity index is 874. The molecule has 0 bridgehead atoms. The molecule has 3 rings (SSSR count). The Morgan fingerprint density at radius 2 is 1.76 bits per heavy atom. The van der Waals surface area contributed by atoms with Crippen LogP contribution < -0.4 is 10.0 Å². The van der Waals surface area contributed by atoms with E-state index in [9.17, 15) is 13.2 Å². The number of hydrogen-bond acceptors (Lipinski definition) is 3. The van der Waals surface area contributed by atoms with E-state index in [0.29, 0.717) is 17.0 Å². The summed E-state index contributed by atoms with van der Waals surface area (Å²) in [5.74, 6) is -0.132. The van der Waals surface area contributed by atoms with Crippen LogP contribution in [-0.4, -0.2) is 20.9 Å². The predicted octanol–water partition coefficient (Wildman–Crippen LogP) is 2.40. The third-order valence-electron chi connectivity index (χ3n) is 4.40. The van der Waals surface area contributed by atoms with E-state index in [1.807, 2.05) is 13.0 Å². The molecule has 0 aliphatic heterocycles. The lowest BCUT2D eigenvalue weighted by atomic mass is 10.1. The zero-order valence-electron chi connectivity index (χ0n) is 14.2. The van der Waals surface area contributed by atoms with Crippen molar-refractivity contribution in [2.45, 2.75) is 37.6 Å². The fourth-order valence-corrected chi connectivity index (χ4v) is 4.08. The minimum absolute atomic E-state index is 0.132. The SMILES string of the molecule is CCNC(=O)c1ccc(CNS(=O)(=O)c2ccc3c(c2)CCC3)cc1. The molecule has 0 atom stereocenters. The first-order valence-corrected chi connectivity index (χ1v) is 9.96. The number of benzene rings is 2. The van der Waals surface area contributed by atoms with Crippen molar-refractivity contribution in [3.05, 3.63) is 64.7 Å². The Morgan fingerprint density at radius 3 is 2.48 bits per heavy atom. The molecule has 0 spiro atoms. The van der Waals surface area contributed by atoms with Gasteiger partial charge in [-0.3, -0.25) is 4.79 Å².